The summed E-state index contributed by atoms with van der Waals surface area (Å²) in [7, 11) is 0. The van der Waals surface area contributed by atoms with Crippen molar-refractivity contribution in [3.63, 3.8) is 0 Å². The van der Waals surface area contributed by atoms with E-state index < -0.39 is 6.10 Å². The first-order valence-electron chi connectivity index (χ1n) is 30.2. The monoisotopic (exact) mass is 945 g/mol. The van der Waals surface area contributed by atoms with E-state index in [0.29, 0.717) is 19.3 Å². The number of allylic oxidation sites excluding steroid dienone is 2. The first-order chi connectivity index (χ1) is 33.0. The Kier molecular flexibility index (Phi) is 55.2. The molecule has 0 heterocycles. The van der Waals surface area contributed by atoms with Crippen LogP contribution < -0.4 is 0 Å². The lowest BCUT2D eigenvalue weighted by Gasteiger charge is -2.18. The molecule has 0 fully saturated rings. The molecule has 6 heteroatoms. The third-order valence-corrected chi connectivity index (χ3v) is 13.8. The maximum absolute atomic E-state index is 12.8. The summed E-state index contributed by atoms with van der Waals surface area (Å²) in [5.41, 5.74) is 0. The summed E-state index contributed by atoms with van der Waals surface area (Å²) in [5, 5.41) is 0. The van der Waals surface area contributed by atoms with E-state index in [2.05, 4.69) is 32.9 Å². The summed E-state index contributed by atoms with van der Waals surface area (Å²) < 4.78 is 16.9. The minimum Gasteiger partial charge on any atom is -0.462 e. The zero-order valence-corrected chi connectivity index (χ0v) is 45.5. The molecule has 0 N–H and O–H groups in total. The van der Waals surface area contributed by atoms with E-state index in [0.717, 1.165) is 64.2 Å². The third kappa shape index (κ3) is 55.0. The molecule has 0 aromatic carbocycles. The topological polar surface area (TPSA) is 78.9 Å². The fourth-order valence-corrected chi connectivity index (χ4v) is 9.19. The number of hydrogen-bond acceptors (Lipinski definition) is 6. The zero-order valence-electron chi connectivity index (χ0n) is 45.5. The summed E-state index contributed by atoms with van der Waals surface area (Å²) >= 11 is 0. The fraction of sp³-hybridized carbons (Fsp3) is 0.918. The molecule has 0 aliphatic heterocycles. The van der Waals surface area contributed by atoms with Gasteiger partial charge in [0, 0.05) is 19.3 Å². The van der Waals surface area contributed by atoms with Gasteiger partial charge in [0.25, 0.3) is 0 Å². The van der Waals surface area contributed by atoms with Crippen molar-refractivity contribution in [3.05, 3.63) is 12.2 Å². The first-order valence-corrected chi connectivity index (χ1v) is 30.2. The van der Waals surface area contributed by atoms with Crippen molar-refractivity contribution in [2.24, 2.45) is 0 Å². The molecule has 0 spiro atoms. The molecule has 0 aromatic rings. The number of esters is 3. The van der Waals surface area contributed by atoms with Crippen molar-refractivity contribution in [3.8, 4) is 0 Å². The van der Waals surface area contributed by atoms with Gasteiger partial charge in [0.2, 0.25) is 0 Å². The molecule has 0 saturated carbocycles. The van der Waals surface area contributed by atoms with Crippen molar-refractivity contribution in [2.45, 2.75) is 348 Å². The molecule has 0 aliphatic carbocycles. The second-order valence-corrected chi connectivity index (χ2v) is 20.6. The Bertz CT molecular complexity index is 1040. The number of carbonyl (C=O) groups is 3. The Morgan fingerprint density at radius 3 is 0.791 bits per heavy atom. The van der Waals surface area contributed by atoms with Crippen LogP contribution in [0.1, 0.15) is 342 Å². The van der Waals surface area contributed by atoms with Crippen LogP contribution in [0.4, 0.5) is 0 Å². The Morgan fingerprint density at radius 2 is 0.507 bits per heavy atom. The second-order valence-electron chi connectivity index (χ2n) is 20.6. The largest absolute Gasteiger partial charge is 0.462 e. The van der Waals surface area contributed by atoms with Gasteiger partial charge in [-0.1, -0.05) is 296 Å². The average molecular weight is 946 g/mol. The number of rotatable bonds is 56. The quantitative estimate of drug-likeness (QED) is 0.0262. The summed E-state index contributed by atoms with van der Waals surface area (Å²) in [6.45, 7) is 6.66. The molecule has 1 atom stereocenters. The van der Waals surface area contributed by atoms with E-state index in [4.69, 9.17) is 14.2 Å². The van der Waals surface area contributed by atoms with Crippen molar-refractivity contribution in [1.82, 2.24) is 0 Å². The van der Waals surface area contributed by atoms with Gasteiger partial charge in [0.05, 0.1) is 0 Å². The van der Waals surface area contributed by atoms with Crippen LogP contribution in [0.3, 0.4) is 0 Å². The molecular formula is C61H116O6. The molecule has 67 heavy (non-hydrogen) atoms. The number of hydrogen-bond donors (Lipinski definition) is 0. The number of unbranched alkanes of at least 4 members (excludes halogenated alkanes) is 43. The van der Waals surface area contributed by atoms with Crippen LogP contribution in [0.25, 0.3) is 0 Å². The van der Waals surface area contributed by atoms with E-state index >= 15 is 0 Å². The highest BCUT2D eigenvalue weighted by Gasteiger charge is 2.19. The van der Waals surface area contributed by atoms with Crippen LogP contribution in [-0.4, -0.2) is 37.2 Å². The summed E-state index contributed by atoms with van der Waals surface area (Å²) in [5.74, 6) is -0.852. The van der Waals surface area contributed by atoms with Gasteiger partial charge in [-0.3, -0.25) is 14.4 Å². The Hall–Kier alpha value is -1.85. The standard InChI is InChI=1S/C61H116O6/c1-4-7-10-13-16-19-22-24-26-27-28-29-30-31-32-33-35-36-39-42-45-48-51-54-60(63)66-57-58(56-65-59(62)53-50-47-44-41-38-21-18-15-12-9-6-3)67-61(64)55-52-49-46-43-40-37-34-25-23-20-17-14-11-8-5-2/h15,18,58H,4-14,16-17,19-57H2,1-3H3/b18-15-. The molecule has 0 radical (unpaired) electrons. The molecule has 0 rings (SSSR count). The third-order valence-electron chi connectivity index (χ3n) is 13.8. The molecule has 1 unspecified atom stereocenters. The summed E-state index contributed by atoms with van der Waals surface area (Å²) in [6.07, 6.45) is 65.0. The van der Waals surface area contributed by atoms with Crippen molar-refractivity contribution < 1.29 is 28.6 Å². The van der Waals surface area contributed by atoms with Crippen LogP contribution in [0.15, 0.2) is 12.2 Å². The SMILES string of the molecule is CCCC/C=C\CCCCCCCC(=O)OCC(COC(=O)CCCCCCCCCCCCCCCCCCCCCCCCC)OC(=O)CCCCCCCCCCCCCCCCC. The number of ether oxygens (including phenoxy) is 3. The van der Waals surface area contributed by atoms with Gasteiger partial charge >= 0.3 is 17.9 Å². The Morgan fingerprint density at radius 1 is 0.284 bits per heavy atom. The van der Waals surface area contributed by atoms with Crippen LogP contribution in [0.5, 0.6) is 0 Å². The summed E-state index contributed by atoms with van der Waals surface area (Å²) in [4.78, 5) is 38.1. The zero-order chi connectivity index (χ0) is 48.6. The fourth-order valence-electron chi connectivity index (χ4n) is 9.19. The lowest BCUT2D eigenvalue weighted by molar-refractivity contribution is -0.167. The van der Waals surface area contributed by atoms with E-state index in [1.54, 1.807) is 0 Å². The average Bonchev–Trinajstić information content (AvgIpc) is 3.33. The second kappa shape index (κ2) is 56.7. The lowest BCUT2D eigenvalue weighted by Crippen LogP contribution is -2.30. The van der Waals surface area contributed by atoms with Gasteiger partial charge in [-0.05, 0) is 38.5 Å². The van der Waals surface area contributed by atoms with Crippen LogP contribution in [0.2, 0.25) is 0 Å². The molecule has 6 nitrogen and oxygen atoms in total. The highest BCUT2D eigenvalue weighted by molar-refractivity contribution is 5.71. The lowest BCUT2D eigenvalue weighted by atomic mass is 10.0. The molecule has 0 bridgehead atoms. The van der Waals surface area contributed by atoms with E-state index in [1.165, 1.54) is 238 Å². The van der Waals surface area contributed by atoms with E-state index in [1.807, 2.05) is 0 Å². The van der Waals surface area contributed by atoms with Crippen LogP contribution >= 0.6 is 0 Å². The van der Waals surface area contributed by atoms with Crippen molar-refractivity contribution in [1.29, 1.82) is 0 Å². The van der Waals surface area contributed by atoms with Gasteiger partial charge in [-0.2, -0.15) is 0 Å². The highest BCUT2D eigenvalue weighted by atomic mass is 16.6. The molecule has 0 amide bonds. The summed E-state index contributed by atoms with van der Waals surface area (Å²) in [6, 6.07) is 0. The smallest absolute Gasteiger partial charge is 0.306 e. The van der Waals surface area contributed by atoms with Gasteiger partial charge in [-0.25, -0.2) is 0 Å². The van der Waals surface area contributed by atoms with Gasteiger partial charge in [0.1, 0.15) is 13.2 Å². The van der Waals surface area contributed by atoms with Crippen molar-refractivity contribution >= 4 is 17.9 Å². The maximum atomic E-state index is 12.8. The highest BCUT2D eigenvalue weighted by Crippen LogP contribution is 2.18. The Labute approximate surface area is 418 Å². The van der Waals surface area contributed by atoms with Gasteiger partial charge in [-0.15, -0.1) is 0 Å². The predicted molar refractivity (Wildman–Crippen MR) is 289 cm³/mol. The minimum atomic E-state index is -0.767. The molecule has 0 aromatic heterocycles. The molecule has 396 valence electrons. The molecule has 0 saturated heterocycles. The van der Waals surface area contributed by atoms with E-state index in [-0.39, 0.29) is 31.1 Å². The first kappa shape index (κ1) is 65.1. The normalized spacial score (nSPS) is 12.0. The number of carbonyl (C=O) groups excluding carboxylic acids is 3. The Balaban J connectivity index is 4.19. The van der Waals surface area contributed by atoms with Crippen LogP contribution in [0, 0.1) is 0 Å². The van der Waals surface area contributed by atoms with Crippen LogP contribution in [-0.2, 0) is 28.6 Å². The molecule has 0 aliphatic rings. The minimum absolute atomic E-state index is 0.0665. The van der Waals surface area contributed by atoms with Gasteiger partial charge < -0.3 is 14.2 Å². The van der Waals surface area contributed by atoms with Gasteiger partial charge in [0.15, 0.2) is 6.10 Å². The predicted octanol–water partition coefficient (Wildman–Crippen LogP) is 20.1. The van der Waals surface area contributed by atoms with E-state index in [9.17, 15) is 14.4 Å². The van der Waals surface area contributed by atoms with Crippen molar-refractivity contribution in [2.75, 3.05) is 13.2 Å². The maximum Gasteiger partial charge on any atom is 0.306 e. The molecular weight excluding hydrogens is 829 g/mol.